The molecule has 0 fully saturated rings. The molecule has 0 aliphatic carbocycles. The first-order chi connectivity index (χ1) is 7.12. The summed E-state index contributed by atoms with van der Waals surface area (Å²) in [5.74, 6) is 0. The monoisotopic (exact) mass is 343 g/mol. The first-order valence-electron chi connectivity index (χ1n) is 6.55. The molecular formula is C13H30INO. The van der Waals surface area contributed by atoms with E-state index < -0.39 is 0 Å². The van der Waals surface area contributed by atoms with E-state index in [0.29, 0.717) is 0 Å². The van der Waals surface area contributed by atoms with Crippen molar-refractivity contribution in [3.63, 3.8) is 0 Å². The second kappa shape index (κ2) is 12.1. The number of nitrogens with zero attached hydrogens (tertiary/aromatic N) is 1. The van der Waals surface area contributed by atoms with Crippen LogP contribution in [-0.4, -0.2) is 37.0 Å². The van der Waals surface area contributed by atoms with Crippen LogP contribution in [0, 0.1) is 0 Å². The van der Waals surface area contributed by atoms with Crippen molar-refractivity contribution in [2.24, 2.45) is 0 Å². The Morgan fingerprint density at radius 3 is 1.69 bits per heavy atom. The summed E-state index contributed by atoms with van der Waals surface area (Å²) >= 11 is 0. The van der Waals surface area contributed by atoms with Gasteiger partial charge < -0.3 is 33.6 Å². The zero-order chi connectivity index (χ0) is 11.6. The largest absolute Gasteiger partial charge is 1.00 e. The Morgan fingerprint density at radius 1 is 0.812 bits per heavy atom. The van der Waals surface area contributed by atoms with Gasteiger partial charge in [0, 0.05) is 0 Å². The van der Waals surface area contributed by atoms with E-state index in [1.165, 1.54) is 51.4 Å². The van der Waals surface area contributed by atoms with E-state index in [1.807, 2.05) is 0 Å². The fourth-order valence-corrected chi connectivity index (χ4v) is 1.74. The Labute approximate surface area is 119 Å². The first kappa shape index (κ1) is 19.0. The number of unbranched alkanes of at least 4 members (excludes halogenated alkanes) is 7. The van der Waals surface area contributed by atoms with Gasteiger partial charge in [-0.2, -0.15) is 0 Å². The fraction of sp³-hybridized carbons (Fsp3) is 1.00. The lowest BCUT2D eigenvalue weighted by Crippen LogP contribution is -3.00. The minimum absolute atomic E-state index is 0. The molecule has 3 heteroatoms. The smallest absolute Gasteiger partial charge is 0.179 e. The van der Waals surface area contributed by atoms with Gasteiger partial charge in [0.25, 0.3) is 0 Å². The lowest BCUT2D eigenvalue weighted by Gasteiger charge is -2.26. The van der Waals surface area contributed by atoms with Crippen molar-refractivity contribution in [1.29, 1.82) is 0 Å². The lowest BCUT2D eigenvalue weighted by molar-refractivity contribution is -0.909. The van der Waals surface area contributed by atoms with Crippen molar-refractivity contribution in [3.05, 3.63) is 0 Å². The third-order valence-corrected chi connectivity index (χ3v) is 3.00. The quantitative estimate of drug-likeness (QED) is 0.259. The van der Waals surface area contributed by atoms with E-state index in [-0.39, 0.29) is 30.7 Å². The zero-order valence-corrected chi connectivity index (χ0v) is 13.5. The number of hydrogen-bond acceptors (Lipinski definition) is 1. The molecule has 0 bridgehead atoms. The molecule has 1 N–H and O–H groups in total. The van der Waals surface area contributed by atoms with Crippen LogP contribution in [0.25, 0.3) is 0 Å². The molecule has 16 heavy (non-hydrogen) atoms. The van der Waals surface area contributed by atoms with E-state index in [0.717, 1.165) is 11.0 Å². The number of hydrogen-bond donors (Lipinski definition) is 1. The van der Waals surface area contributed by atoms with Gasteiger partial charge in [0.15, 0.2) is 6.73 Å². The lowest BCUT2D eigenvalue weighted by atomic mass is 10.1. The Kier molecular flexibility index (Phi) is 14.4. The van der Waals surface area contributed by atoms with Crippen LogP contribution in [-0.2, 0) is 0 Å². The summed E-state index contributed by atoms with van der Waals surface area (Å²) in [4.78, 5) is 0. The van der Waals surface area contributed by atoms with Gasteiger partial charge in [-0.05, 0) is 12.8 Å². The van der Waals surface area contributed by atoms with E-state index in [4.69, 9.17) is 5.11 Å². The predicted octanol–water partition coefficient (Wildman–Crippen LogP) is 0.157. The van der Waals surface area contributed by atoms with Gasteiger partial charge in [-0.15, -0.1) is 0 Å². The highest BCUT2D eigenvalue weighted by molar-refractivity contribution is 4.45. The summed E-state index contributed by atoms with van der Waals surface area (Å²) < 4.78 is 0.746. The van der Waals surface area contributed by atoms with Crippen molar-refractivity contribution >= 4 is 0 Å². The number of rotatable bonds is 10. The summed E-state index contributed by atoms with van der Waals surface area (Å²) in [5, 5.41) is 9.07. The Hall–Kier alpha value is 0.650. The van der Waals surface area contributed by atoms with Gasteiger partial charge in [0.05, 0.1) is 20.6 Å². The molecule has 0 aromatic rings. The molecule has 0 rings (SSSR count). The maximum Gasteiger partial charge on any atom is 0.179 e. The molecule has 0 atom stereocenters. The highest BCUT2D eigenvalue weighted by Gasteiger charge is 2.11. The molecule has 0 saturated carbocycles. The van der Waals surface area contributed by atoms with Crippen LogP contribution in [0.4, 0.5) is 0 Å². The molecule has 0 radical (unpaired) electrons. The summed E-state index contributed by atoms with van der Waals surface area (Å²) in [6, 6.07) is 0. The number of halogens is 1. The standard InChI is InChI=1S/C13H30NO.HI/c1-4-5-6-7-8-9-10-11-12-14(2,3)13-15;/h15H,4-13H2,1-3H3;1H/q+1;/p-1. The number of aliphatic hydroxyl groups excluding tert-OH is 1. The van der Waals surface area contributed by atoms with Crippen molar-refractivity contribution < 1.29 is 33.6 Å². The number of quaternary nitrogens is 1. The fourth-order valence-electron chi connectivity index (χ4n) is 1.74. The van der Waals surface area contributed by atoms with E-state index in [2.05, 4.69) is 21.0 Å². The van der Waals surface area contributed by atoms with E-state index in [9.17, 15) is 0 Å². The molecule has 0 heterocycles. The van der Waals surface area contributed by atoms with Crippen molar-refractivity contribution in [2.45, 2.75) is 58.3 Å². The van der Waals surface area contributed by atoms with Crippen LogP contribution >= 0.6 is 0 Å². The zero-order valence-electron chi connectivity index (χ0n) is 11.3. The molecule has 100 valence electrons. The average molecular weight is 343 g/mol. The molecule has 0 spiro atoms. The van der Waals surface area contributed by atoms with Crippen LogP contribution in [0.3, 0.4) is 0 Å². The maximum absolute atomic E-state index is 9.07. The van der Waals surface area contributed by atoms with Gasteiger partial charge in [-0.25, -0.2) is 0 Å². The van der Waals surface area contributed by atoms with Gasteiger partial charge in [-0.1, -0.05) is 45.4 Å². The summed E-state index contributed by atoms with van der Waals surface area (Å²) in [7, 11) is 4.17. The third-order valence-electron chi connectivity index (χ3n) is 3.00. The number of aliphatic hydroxyl groups is 1. The molecule has 0 amide bonds. The average Bonchev–Trinajstić information content (AvgIpc) is 2.22. The molecule has 0 aromatic carbocycles. The van der Waals surface area contributed by atoms with Crippen molar-refractivity contribution in [1.82, 2.24) is 0 Å². The minimum Gasteiger partial charge on any atom is -1.00 e. The van der Waals surface area contributed by atoms with E-state index >= 15 is 0 Å². The van der Waals surface area contributed by atoms with E-state index in [1.54, 1.807) is 0 Å². The van der Waals surface area contributed by atoms with Crippen LogP contribution in [0.2, 0.25) is 0 Å². The molecule has 2 nitrogen and oxygen atoms in total. The second-order valence-corrected chi connectivity index (χ2v) is 5.28. The second-order valence-electron chi connectivity index (χ2n) is 5.28. The third kappa shape index (κ3) is 12.7. The van der Waals surface area contributed by atoms with Crippen LogP contribution in [0.15, 0.2) is 0 Å². The normalized spacial score (nSPS) is 11.2. The van der Waals surface area contributed by atoms with Crippen molar-refractivity contribution in [3.8, 4) is 0 Å². The molecule has 0 aromatic heterocycles. The topological polar surface area (TPSA) is 20.2 Å². The van der Waals surface area contributed by atoms with Crippen LogP contribution < -0.4 is 24.0 Å². The van der Waals surface area contributed by atoms with Crippen LogP contribution in [0.1, 0.15) is 58.3 Å². The highest BCUT2D eigenvalue weighted by Crippen LogP contribution is 2.09. The highest BCUT2D eigenvalue weighted by atomic mass is 127. The molecule has 0 aliphatic heterocycles. The Balaban J connectivity index is 0. The summed E-state index contributed by atoms with van der Waals surface area (Å²) in [6.07, 6.45) is 10.9. The Morgan fingerprint density at radius 2 is 1.25 bits per heavy atom. The summed E-state index contributed by atoms with van der Waals surface area (Å²) in [5.41, 5.74) is 0. The molecular weight excluding hydrogens is 313 g/mol. The SMILES string of the molecule is CCCCCCCCCC[N+](C)(C)CO.[I-]. The first-order valence-corrected chi connectivity index (χ1v) is 6.55. The van der Waals surface area contributed by atoms with Crippen molar-refractivity contribution in [2.75, 3.05) is 27.4 Å². The maximum atomic E-state index is 9.07. The van der Waals surface area contributed by atoms with Gasteiger partial charge in [-0.3, -0.25) is 0 Å². The minimum atomic E-state index is 0. The van der Waals surface area contributed by atoms with Gasteiger partial charge in [0.2, 0.25) is 0 Å². The predicted molar refractivity (Wildman–Crippen MR) is 66.7 cm³/mol. The van der Waals surface area contributed by atoms with Gasteiger partial charge >= 0.3 is 0 Å². The molecule has 0 unspecified atom stereocenters. The van der Waals surface area contributed by atoms with Crippen LogP contribution in [0.5, 0.6) is 0 Å². The molecule has 0 saturated heterocycles. The molecule has 0 aliphatic rings. The van der Waals surface area contributed by atoms with Gasteiger partial charge in [0.1, 0.15) is 0 Å². The Bertz CT molecular complexity index is 140. The summed E-state index contributed by atoms with van der Waals surface area (Å²) in [6.45, 7) is 3.62.